The zero-order valence-corrected chi connectivity index (χ0v) is 8.50. The third-order valence-electron chi connectivity index (χ3n) is 1.06. The minimum atomic E-state index is -4.99. The maximum absolute atomic E-state index is 10.4. The Balaban J connectivity index is 0. The van der Waals surface area contributed by atoms with Crippen LogP contribution in [0.5, 0.6) is 0 Å². The Hall–Kier alpha value is 0.655. The molecule has 0 spiro atoms. The van der Waals surface area contributed by atoms with Gasteiger partial charge in [0.25, 0.3) is 0 Å². The highest BCUT2D eigenvalue weighted by atomic mass is 35.5. The Bertz CT molecular complexity index is 216. The van der Waals surface area contributed by atoms with Crippen molar-refractivity contribution in [3.8, 4) is 0 Å². The normalized spacial score (nSPS) is 13.8. The van der Waals surface area contributed by atoms with Gasteiger partial charge in [0.1, 0.15) is 0 Å². The molecular weight excluding hydrogens is 228 g/mol. The minimum absolute atomic E-state index is 0. The lowest BCUT2D eigenvalue weighted by Gasteiger charge is -2.23. The summed E-state index contributed by atoms with van der Waals surface area (Å²) in [4.78, 5) is 33.5. The summed E-state index contributed by atoms with van der Waals surface area (Å²) in [5.41, 5.74) is 0. The molecule has 0 fully saturated rings. The van der Waals surface area contributed by atoms with Gasteiger partial charge >= 0.3 is 15.2 Å². The monoisotopic (exact) mass is 235 g/mol. The van der Waals surface area contributed by atoms with E-state index in [0.717, 1.165) is 0 Å². The quantitative estimate of drug-likeness (QED) is 0.301. The second-order valence-corrected chi connectivity index (χ2v) is 7.59. The van der Waals surface area contributed by atoms with Gasteiger partial charge in [-0.15, -0.1) is 0 Å². The molecule has 3 radical (unpaired) electrons. The lowest BCUT2D eigenvalue weighted by molar-refractivity contribution is 0.334. The largest absolute Gasteiger partial charge is 0.358 e. The topological polar surface area (TPSA) is 115 Å². The van der Waals surface area contributed by atoms with Gasteiger partial charge in [0, 0.05) is 8.41 Å². The molecule has 10 heteroatoms. The van der Waals surface area contributed by atoms with E-state index in [1.165, 1.54) is 0 Å². The van der Waals surface area contributed by atoms with Crippen LogP contribution in [0.2, 0.25) is 0 Å². The Kier molecular flexibility index (Phi) is 4.80. The Labute approximate surface area is 75.8 Å². The number of halogens is 1. The second kappa shape index (κ2) is 3.80. The first kappa shape index (κ1) is 15.1. The van der Waals surface area contributed by atoms with E-state index in [9.17, 15) is 9.13 Å². The van der Waals surface area contributed by atoms with Crippen LogP contribution < -0.4 is 0 Å². The summed E-state index contributed by atoms with van der Waals surface area (Å²) in [5.74, 6) is 0. The summed E-state index contributed by atoms with van der Waals surface area (Å²) < 4.78 is 17.9. The van der Waals surface area contributed by atoms with Crippen LogP contribution in [-0.4, -0.2) is 32.3 Å². The third-order valence-corrected chi connectivity index (χ3v) is 6.07. The van der Waals surface area contributed by atoms with Crippen LogP contribution in [0.15, 0.2) is 0 Å². The highest BCUT2D eigenvalue weighted by molar-refractivity contribution is 7.75. The zero-order chi connectivity index (χ0) is 9.50. The van der Waals surface area contributed by atoms with Crippen molar-refractivity contribution in [3.05, 3.63) is 0 Å². The molecule has 0 aliphatic heterocycles. The average Bonchev–Trinajstić information content (AvgIpc) is 1.58. The van der Waals surface area contributed by atoms with E-state index in [1.807, 2.05) is 0 Å². The number of hydrogen-bond acceptors (Lipinski definition) is 2. The molecule has 0 saturated carbocycles. The van der Waals surface area contributed by atoms with Crippen LogP contribution in [0.1, 0.15) is 6.92 Å². The second-order valence-electron chi connectivity index (χ2n) is 1.99. The van der Waals surface area contributed by atoms with Crippen molar-refractivity contribution in [2.75, 3.05) is 0 Å². The molecular formula is C2H7BClO6P2. The molecule has 0 rings (SSSR count). The van der Waals surface area contributed by atoms with Gasteiger partial charge in [-0.05, 0) is 6.92 Å². The van der Waals surface area contributed by atoms with Gasteiger partial charge in [-0.1, -0.05) is 11.6 Å². The first-order valence-corrected chi connectivity index (χ1v) is 5.90. The maximum atomic E-state index is 10.4. The fourth-order valence-corrected chi connectivity index (χ4v) is 1.53. The standard InChI is InChI=1S/C2H7ClO6P2.B/c1-2(3,10(4,5)6)11(7,8)9;/h1H3,(H2,4,5,6)(H2,7,8,9);. The predicted octanol–water partition coefficient (Wildman–Crippen LogP) is -0.127. The van der Waals surface area contributed by atoms with E-state index in [1.54, 1.807) is 0 Å². The molecule has 0 aliphatic carbocycles. The summed E-state index contributed by atoms with van der Waals surface area (Å²) in [7, 11) is -9.98. The summed E-state index contributed by atoms with van der Waals surface area (Å²) in [5, 5.41) is 0. The van der Waals surface area contributed by atoms with Crippen LogP contribution in [-0.2, 0) is 9.13 Å². The Morgan fingerprint density at radius 1 is 1.08 bits per heavy atom. The summed E-state index contributed by atoms with van der Waals surface area (Å²) >= 11 is 4.96. The van der Waals surface area contributed by atoms with Gasteiger partial charge in [-0.2, -0.15) is 0 Å². The van der Waals surface area contributed by atoms with E-state index in [4.69, 9.17) is 31.2 Å². The van der Waals surface area contributed by atoms with Crippen molar-refractivity contribution in [1.82, 2.24) is 0 Å². The van der Waals surface area contributed by atoms with Gasteiger partial charge in [-0.25, -0.2) is 0 Å². The molecule has 0 heterocycles. The number of alkyl halides is 1. The van der Waals surface area contributed by atoms with E-state index in [-0.39, 0.29) is 8.41 Å². The fourth-order valence-electron chi connectivity index (χ4n) is 0.170. The average molecular weight is 235 g/mol. The molecule has 0 bridgehead atoms. The van der Waals surface area contributed by atoms with Crippen LogP contribution >= 0.6 is 26.8 Å². The first-order valence-electron chi connectivity index (χ1n) is 2.30. The molecule has 12 heavy (non-hydrogen) atoms. The molecule has 0 atom stereocenters. The van der Waals surface area contributed by atoms with Gasteiger partial charge < -0.3 is 19.6 Å². The summed E-state index contributed by atoms with van der Waals surface area (Å²) in [6.45, 7) is 0.593. The SMILES string of the molecule is CC(Cl)(P(=O)(O)O)P(=O)(O)O.[B]. The van der Waals surface area contributed by atoms with Gasteiger partial charge in [0.05, 0.1) is 0 Å². The van der Waals surface area contributed by atoms with E-state index in [0.29, 0.717) is 6.92 Å². The number of hydrogen-bond donors (Lipinski definition) is 4. The van der Waals surface area contributed by atoms with Crippen molar-refractivity contribution in [3.63, 3.8) is 0 Å². The van der Waals surface area contributed by atoms with Crippen molar-refractivity contribution >= 4 is 35.2 Å². The van der Waals surface area contributed by atoms with Crippen molar-refractivity contribution < 1.29 is 28.7 Å². The number of rotatable bonds is 2. The van der Waals surface area contributed by atoms with Crippen LogP contribution in [0.4, 0.5) is 0 Å². The van der Waals surface area contributed by atoms with Crippen LogP contribution in [0.25, 0.3) is 0 Å². The van der Waals surface area contributed by atoms with Gasteiger partial charge in [-0.3, -0.25) is 9.13 Å². The van der Waals surface area contributed by atoms with Crippen molar-refractivity contribution in [1.29, 1.82) is 0 Å². The lowest BCUT2D eigenvalue weighted by Crippen LogP contribution is -2.16. The Morgan fingerprint density at radius 3 is 1.25 bits per heavy atom. The predicted molar refractivity (Wildman–Crippen MR) is 44.1 cm³/mol. The Morgan fingerprint density at radius 2 is 1.25 bits per heavy atom. The molecule has 4 N–H and O–H groups in total. The molecule has 0 amide bonds. The van der Waals surface area contributed by atoms with Crippen molar-refractivity contribution in [2.24, 2.45) is 0 Å². The molecule has 0 aliphatic rings. The van der Waals surface area contributed by atoms with E-state index in [2.05, 4.69) is 0 Å². The van der Waals surface area contributed by atoms with Crippen LogP contribution in [0.3, 0.4) is 0 Å². The molecule has 71 valence electrons. The molecule has 0 unspecified atom stereocenters. The molecule has 0 aromatic heterocycles. The first-order chi connectivity index (χ1) is 4.50. The van der Waals surface area contributed by atoms with Gasteiger partial charge in [0.15, 0.2) is 0 Å². The van der Waals surface area contributed by atoms with Crippen LogP contribution in [0, 0.1) is 0 Å². The fraction of sp³-hybridized carbons (Fsp3) is 1.00. The molecule has 0 aromatic carbocycles. The molecule has 6 nitrogen and oxygen atoms in total. The summed E-state index contributed by atoms with van der Waals surface area (Å²) in [6.07, 6.45) is 0. The highest BCUT2D eigenvalue weighted by Gasteiger charge is 2.55. The lowest BCUT2D eigenvalue weighted by atomic mass is 10.8. The van der Waals surface area contributed by atoms with Crippen molar-refractivity contribution in [2.45, 2.75) is 11.3 Å². The smallest absolute Gasteiger partial charge is 0.323 e. The van der Waals surface area contributed by atoms with Gasteiger partial charge in [0.2, 0.25) is 4.36 Å². The van der Waals surface area contributed by atoms with E-state index >= 15 is 0 Å². The zero-order valence-electron chi connectivity index (χ0n) is 5.96. The minimum Gasteiger partial charge on any atom is -0.323 e. The highest BCUT2D eigenvalue weighted by Crippen LogP contribution is 2.70. The summed E-state index contributed by atoms with van der Waals surface area (Å²) in [6, 6.07) is 0. The maximum Gasteiger partial charge on any atom is 0.358 e. The molecule has 0 saturated heterocycles. The van der Waals surface area contributed by atoms with E-state index < -0.39 is 19.5 Å². The molecule has 0 aromatic rings. The third kappa shape index (κ3) is 2.85.